The third-order valence-electron chi connectivity index (χ3n) is 3.91. The zero-order valence-corrected chi connectivity index (χ0v) is 14.4. The quantitative estimate of drug-likeness (QED) is 0.916. The van der Waals surface area contributed by atoms with Crippen LogP contribution >= 0.6 is 36.2 Å². The number of likely N-dealkylation sites (tertiary alicyclic amines) is 1. The zero-order chi connectivity index (χ0) is 13.9. The highest BCUT2D eigenvalue weighted by Crippen LogP contribution is 2.32. The molecule has 1 aromatic carbocycles. The van der Waals surface area contributed by atoms with Crippen LogP contribution in [-0.2, 0) is 0 Å². The van der Waals surface area contributed by atoms with Gasteiger partial charge in [0.15, 0.2) is 0 Å². The zero-order valence-electron chi connectivity index (χ0n) is 11.9. The topological polar surface area (TPSA) is 59.2 Å². The van der Waals surface area contributed by atoms with Gasteiger partial charge in [-0.1, -0.05) is 30.3 Å². The fourth-order valence-corrected chi connectivity index (χ4v) is 3.36. The summed E-state index contributed by atoms with van der Waals surface area (Å²) in [6.07, 6.45) is 0. The first-order valence-corrected chi connectivity index (χ1v) is 7.66. The Hall–Kier alpha value is -1.14. The Bertz CT molecular complexity index is 580. The molecule has 7 heteroatoms. The van der Waals surface area contributed by atoms with Crippen LogP contribution in [0.25, 0.3) is 0 Å². The number of aromatic nitrogens is 1. The molecule has 120 valence electrons. The monoisotopic (exact) mass is 359 g/mol. The molecule has 0 bridgehead atoms. The van der Waals surface area contributed by atoms with Gasteiger partial charge in [-0.15, -0.1) is 36.2 Å². The van der Waals surface area contributed by atoms with Gasteiger partial charge in [-0.2, -0.15) is 0 Å². The summed E-state index contributed by atoms with van der Waals surface area (Å²) in [4.78, 5) is 18.4. The maximum absolute atomic E-state index is 12.4. The third kappa shape index (κ3) is 3.79. The molecule has 4 nitrogen and oxygen atoms in total. The van der Waals surface area contributed by atoms with E-state index in [1.165, 1.54) is 16.9 Å². The van der Waals surface area contributed by atoms with Crippen molar-refractivity contribution in [1.29, 1.82) is 0 Å². The van der Waals surface area contributed by atoms with Crippen molar-refractivity contribution in [2.45, 2.75) is 5.92 Å². The molecule has 1 aliphatic rings. The number of amides is 1. The molecule has 0 aliphatic carbocycles. The van der Waals surface area contributed by atoms with Crippen LogP contribution in [0.15, 0.2) is 41.2 Å². The van der Waals surface area contributed by atoms with Crippen LogP contribution in [0.2, 0.25) is 0 Å². The second-order valence-corrected chi connectivity index (χ2v) is 5.82. The number of hydrogen-bond acceptors (Lipinski definition) is 4. The molecule has 1 aliphatic heterocycles. The molecule has 1 aromatic heterocycles. The molecule has 2 heterocycles. The van der Waals surface area contributed by atoms with Crippen LogP contribution in [0.3, 0.4) is 0 Å². The summed E-state index contributed by atoms with van der Waals surface area (Å²) in [6, 6.07) is 10.3. The van der Waals surface area contributed by atoms with E-state index in [-0.39, 0.29) is 30.7 Å². The lowest BCUT2D eigenvalue weighted by Gasteiger charge is -2.16. The minimum absolute atomic E-state index is 0. The van der Waals surface area contributed by atoms with Gasteiger partial charge in [-0.25, -0.2) is 4.98 Å². The van der Waals surface area contributed by atoms with Gasteiger partial charge in [-0.05, 0) is 18.0 Å². The molecular weight excluding hydrogens is 341 g/mol. The first-order valence-electron chi connectivity index (χ1n) is 6.72. The van der Waals surface area contributed by atoms with E-state index < -0.39 is 0 Å². The molecule has 1 fully saturated rings. The molecule has 22 heavy (non-hydrogen) atoms. The minimum atomic E-state index is 0. The lowest BCUT2D eigenvalue weighted by molar-refractivity contribution is 0.0781. The Morgan fingerprint density at radius 2 is 2.00 bits per heavy atom. The Morgan fingerprint density at radius 3 is 2.59 bits per heavy atom. The van der Waals surface area contributed by atoms with Gasteiger partial charge in [0, 0.05) is 24.4 Å². The van der Waals surface area contributed by atoms with Gasteiger partial charge < -0.3 is 10.6 Å². The van der Waals surface area contributed by atoms with Crippen LogP contribution in [0.1, 0.15) is 22.0 Å². The largest absolute Gasteiger partial charge is 0.336 e. The van der Waals surface area contributed by atoms with E-state index in [1.54, 1.807) is 10.9 Å². The fraction of sp³-hybridized carbons (Fsp3) is 0.333. The number of benzene rings is 1. The smallest absolute Gasteiger partial charge is 0.273 e. The van der Waals surface area contributed by atoms with Gasteiger partial charge in [0.25, 0.3) is 5.91 Å². The summed E-state index contributed by atoms with van der Waals surface area (Å²) in [5.41, 5.74) is 9.39. The predicted octanol–water partition coefficient (Wildman–Crippen LogP) is 2.80. The van der Waals surface area contributed by atoms with Gasteiger partial charge in [-0.3, -0.25) is 4.79 Å². The molecule has 0 spiro atoms. The summed E-state index contributed by atoms with van der Waals surface area (Å²) < 4.78 is 0. The van der Waals surface area contributed by atoms with E-state index in [1.807, 2.05) is 23.1 Å². The van der Waals surface area contributed by atoms with Gasteiger partial charge in [0.2, 0.25) is 0 Å². The van der Waals surface area contributed by atoms with E-state index >= 15 is 0 Å². The number of rotatable bonds is 3. The van der Waals surface area contributed by atoms with Crippen molar-refractivity contribution in [3.63, 3.8) is 0 Å². The molecule has 0 radical (unpaired) electrons. The highest BCUT2D eigenvalue weighted by molar-refractivity contribution is 7.07. The number of thiazole rings is 1. The maximum Gasteiger partial charge on any atom is 0.273 e. The molecule has 0 saturated carbocycles. The van der Waals surface area contributed by atoms with Crippen LogP contribution in [-0.4, -0.2) is 35.4 Å². The number of carbonyl (C=O) groups is 1. The number of hydrogen-bond donors (Lipinski definition) is 1. The summed E-state index contributed by atoms with van der Waals surface area (Å²) in [5, 5.41) is 1.80. The standard InChI is InChI=1S/C15H17N3OS.2ClH/c16-6-12-7-18(15(19)14-9-20-10-17-14)8-13(12)11-4-2-1-3-5-11;;/h1-5,9-10,12-13H,6-8,16H2;2*1H/t12-,13+;;/m1../s1. The molecule has 2 aromatic rings. The van der Waals surface area contributed by atoms with Crippen molar-refractivity contribution in [2.75, 3.05) is 19.6 Å². The van der Waals surface area contributed by atoms with Crippen molar-refractivity contribution in [2.24, 2.45) is 11.7 Å². The van der Waals surface area contributed by atoms with Gasteiger partial charge in [0.1, 0.15) is 5.69 Å². The van der Waals surface area contributed by atoms with Crippen LogP contribution in [0.4, 0.5) is 0 Å². The van der Waals surface area contributed by atoms with E-state index in [0.717, 1.165) is 6.54 Å². The molecule has 0 unspecified atom stereocenters. The van der Waals surface area contributed by atoms with Crippen LogP contribution < -0.4 is 5.73 Å². The minimum Gasteiger partial charge on any atom is -0.336 e. The normalized spacial score (nSPS) is 20.1. The SMILES string of the molecule is Cl.Cl.NC[C@@H]1CN(C(=O)c2cscn2)C[C@H]1c1ccccc1. The maximum atomic E-state index is 12.4. The van der Waals surface area contributed by atoms with E-state index in [2.05, 4.69) is 17.1 Å². The average Bonchev–Trinajstić information content (AvgIpc) is 3.17. The number of nitrogens with zero attached hydrogens (tertiary/aromatic N) is 2. The Kier molecular flexibility index (Phi) is 7.29. The average molecular weight is 360 g/mol. The van der Waals surface area contributed by atoms with Crippen molar-refractivity contribution in [3.05, 3.63) is 52.5 Å². The first-order chi connectivity index (χ1) is 9.79. The van der Waals surface area contributed by atoms with E-state index in [0.29, 0.717) is 30.6 Å². The van der Waals surface area contributed by atoms with Gasteiger partial charge in [0.05, 0.1) is 5.51 Å². The third-order valence-corrected chi connectivity index (χ3v) is 4.50. The summed E-state index contributed by atoms with van der Waals surface area (Å²) in [7, 11) is 0. The van der Waals surface area contributed by atoms with E-state index in [9.17, 15) is 4.79 Å². The summed E-state index contributed by atoms with van der Waals surface area (Å²) in [5.74, 6) is 0.659. The van der Waals surface area contributed by atoms with Crippen LogP contribution in [0, 0.1) is 5.92 Å². The second-order valence-electron chi connectivity index (χ2n) is 5.10. The fourth-order valence-electron chi connectivity index (χ4n) is 2.83. The van der Waals surface area contributed by atoms with Crippen LogP contribution in [0.5, 0.6) is 0 Å². The Morgan fingerprint density at radius 1 is 1.27 bits per heavy atom. The van der Waals surface area contributed by atoms with Crippen molar-refractivity contribution >= 4 is 42.1 Å². The summed E-state index contributed by atoms with van der Waals surface area (Å²) >= 11 is 1.45. The predicted molar refractivity (Wildman–Crippen MR) is 94.2 cm³/mol. The molecule has 2 N–H and O–H groups in total. The first kappa shape index (κ1) is 18.9. The van der Waals surface area contributed by atoms with Crippen molar-refractivity contribution in [3.8, 4) is 0 Å². The van der Waals surface area contributed by atoms with Crippen molar-refractivity contribution < 1.29 is 4.79 Å². The Balaban J connectivity index is 0.00000121. The highest BCUT2D eigenvalue weighted by Gasteiger charge is 2.35. The molecule has 2 atom stereocenters. The second kappa shape index (κ2) is 8.48. The number of halogens is 2. The molecule has 3 rings (SSSR count). The van der Waals surface area contributed by atoms with Gasteiger partial charge >= 0.3 is 0 Å². The number of nitrogens with two attached hydrogens (primary N) is 1. The Labute approximate surface area is 146 Å². The summed E-state index contributed by atoms with van der Waals surface area (Å²) in [6.45, 7) is 2.04. The van der Waals surface area contributed by atoms with Crippen molar-refractivity contribution in [1.82, 2.24) is 9.88 Å². The highest BCUT2D eigenvalue weighted by atomic mass is 35.5. The van der Waals surface area contributed by atoms with E-state index in [4.69, 9.17) is 5.73 Å². The molecule has 1 saturated heterocycles. The lowest BCUT2D eigenvalue weighted by Crippen LogP contribution is -2.30. The molecule has 1 amide bonds. The lowest BCUT2D eigenvalue weighted by atomic mass is 9.89. The number of carbonyl (C=O) groups excluding carboxylic acids is 1. The molecular formula is C15H19Cl2N3OS.